The van der Waals surface area contributed by atoms with E-state index in [2.05, 4.69) is 0 Å². The minimum absolute atomic E-state index is 0. The van der Waals surface area contributed by atoms with E-state index in [1.54, 1.807) is 0 Å². The van der Waals surface area contributed by atoms with Gasteiger partial charge in [0.25, 0.3) is 0 Å². The largest absolute Gasteiger partial charge is 0.481 e. The first-order chi connectivity index (χ1) is 9.06. The van der Waals surface area contributed by atoms with Gasteiger partial charge in [0, 0.05) is 12.8 Å². The van der Waals surface area contributed by atoms with Crippen LogP contribution in [0.15, 0.2) is 0 Å². The van der Waals surface area contributed by atoms with Crippen molar-refractivity contribution in [2.45, 2.75) is 51.4 Å². The minimum atomic E-state index is -0.763. The number of unbranched alkanes of at least 4 members (excludes halogenated alkanes) is 4. The first kappa shape index (κ1) is 21.2. The van der Waals surface area contributed by atoms with Gasteiger partial charge in [0.05, 0.1) is 19.6 Å². The van der Waals surface area contributed by atoms with E-state index in [0.29, 0.717) is 13.0 Å². The monoisotopic (exact) mass is 309 g/mol. The van der Waals surface area contributed by atoms with Gasteiger partial charge in [-0.25, -0.2) is 0 Å². The minimum Gasteiger partial charge on any atom is -0.481 e. The van der Waals surface area contributed by atoms with Gasteiger partial charge in [0.2, 0.25) is 0 Å². The highest BCUT2D eigenvalue weighted by molar-refractivity contribution is 5.85. The quantitative estimate of drug-likeness (QED) is 0.419. The summed E-state index contributed by atoms with van der Waals surface area (Å²) in [6.45, 7) is 0.318. The van der Waals surface area contributed by atoms with Crippen LogP contribution in [0.2, 0.25) is 0 Å². The summed E-state index contributed by atoms with van der Waals surface area (Å²) >= 11 is 0. The first-order valence-electron chi connectivity index (χ1n) is 6.65. The molecular weight excluding hydrogens is 286 g/mol. The van der Waals surface area contributed by atoms with Crippen molar-refractivity contribution in [1.29, 1.82) is 0 Å². The van der Waals surface area contributed by atoms with Gasteiger partial charge in [-0.1, -0.05) is 19.3 Å². The number of halogens is 1. The molecule has 0 aliphatic heterocycles. The van der Waals surface area contributed by atoms with Crippen LogP contribution >= 0.6 is 12.4 Å². The Morgan fingerprint density at radius 2 is 1.50 bits per heavy atom. The van der Waals surface area contributed by atoms with Crippen molar-refractivity contribution in [3.05, 3.63) is 0 Å². The third kappa shape index (κ3) is 14.9. The molecule has 0 aromatic carbocycles. The number of esters is 1. The van der Waals surface area contributed by atoms with Gasteiger partial charge in [0.15, 0.2) is 0 Å². The van der Waals surface area contributed by atoms with E-state index < -0.39 is 5.97 Å². The summed E-state index contributed by atoms with van der Waals surface area (Å²) in [6, 6.07) is 0. The molecule has 0 bridgehead atoms. The highest BCUT2D eigenvalue weighted by Gasteiger charge is 2.06. The molecule has 0 atom stereocenters. The molecule has 7 heteroatoms. The van der Waals surface area contributed by atoms with Crippen molar-refractivity contribution >= 4 is 30.1 Å². The molecule has 0 aromatic heterocycles. The zero-order chi connectivity index (χ0) is 14.5. The number of carbonyl (C=O) groups is 3. The van der Waals surface area contributed by atoms with Crippen molar-refractivity contribution in [2.75, 3.05) is 13.2 Å². The van der Waals surface area contributed by atoms with Crippen LogP contribution in [0.1, 0.15) is 51.4 Å². The van der Waals surface area contributed by atoms with Crippen LogP contribution in [0.3, 0.4) is 0 Å². The molecule has 0 aromatic rings. The summed E-state index contributed by atoms with van der Waals surface area (Å²) in [4.78, 5) is 32.3. The Morgan fingerprint density at radius 3 is 2.10 bits per heavy atom. The maximum absolute atomic E-state index is 11.2. The van der Waals surface area contributed by atoms with E-state index in [1.807, 2.05) is 0 Å². The standard InChI is InChI=1S/C13H23NO5.ClH/c14-10-11(15)7-8-13(18)19-9-5-3-1-2-4-6-12(16)17;/h1-10,14H2,(H,16,17);1H. The summed E-state index contributed by atoms with van der Waals surface area (Å²) in [5.74, 6) is -1.27. The second-order valence-corrected chi connectivity index (χ2v) is 4.37. The highest BCUT2D eigenvalue weighted by Crippen LogP contribution is 2.06. The van der Waals surface area contributed by atoms with E-state index in [0.717, 1.165) is 25.7 Å². The van der Waals surface area contributed by atoms with Gasteiger partial charge in [-0.05, 0) is 12.8 Å². The molecule has 0 radical (unpaired) electrons. The normalized spacial score (nSPS) is 9.65. The molecule has 6 nitrogen and oxygen atoms in total. The predicted octanol–water partition coefficient (Wildman–Crippen LogP) is 1.68. The van der Waals surface area contributed by atoms with Gasteiger partial charge in [-0.3, -0.25) is 14.4 Å². The molecule has 0 fully saturated rings. The number of carboxylic acid groups (broad SMARTS) is 1. The molecule has 0 heterocycles. The smallest absolute Gasteiger partial charge is 0.306 e. The zero-order valence-electron chi connectivity index (χ0n) is 11.6. The average Bonchev–Trinajstić information content (AvgIpc) is 2.38. The molecule has 0 saturated carbocycles. The van der Waals surface area contributed by atoms with Gasteiger partial charge < -0.3 is 15.6 Å². The Kier molecular flexibility index (Phi) is 15.1. The Balaban J connectivity index is 0. The molecule has 0 aliphatic carbocycles. The lowest BCUT2D eigenvalue weighted by atomic mass is 10.1. The van der Waals surface area contributed by atoms with E-state index in [-0.39, 0.29) is 50.0 Å². The number of rotatable bonds is 12. The number of Topliss-reactive ketones (excluding diaryl/α,β-unsaturated/α-hetero) is 1. The number of carbonyl (C=O) groups excluding carboxylic acids is 2. The summed E-state index contributed by atoms with van der Waals surface area (Å²) in [5, 5.41) is 8.43. The topological polar surface area (TPSA) is 107 Å². The lowest BCUT2D eigenvalue weighted by molar-refractivity contribution is -0.145. The van der Waals surface area contributed by atoms with Gasteiger partial charge >= 0.3 is 11.9 Å². The SMILES string of the molecule is Cl.NCC(=O)CCC(=O)OCCCCCCCC(=O)O. The fraction of sp³-hybridized carbons (Fsp3) is 0.769. The molecule has 0 rings (SSSR count). The van der Waals surface area contributed by atoms with Crippen molar-refractivity contribution in [3.63, 3.8) is 0 Å². The molecule has 0 unspecified atom stereocenters. The molecule has 0 saturated heterocycles. The Bertz CT molecular complexity index is 296. The number of ether oxygens (including phenoxy) is 1. The summed E-state index contributed by atoms with van der Waals surface area (Å²) < 4.78 is 4.96. The van der Waals surface area contributed by atoms with Crippen molar-refractivity contribution in [2.24, 2.45) is 5.73 Å². The third-order valence-electron chi connectivity index (χ3n) is 2.63. The first-order valence-corrected chi connectivity index (χ1v) is 6.65. The maximum atomic E-state index is 11.2. The van der Waals surface area contributed by atoms with Gasteiger partial charge in [-0.15, -0.1) is 12.4 Å². The fourth-order valence-corrected chi connectivity index (χ4v) is 1.51. The maximum Gasteiger partial charge on any atom is 0.306 e. The molecule has 118 valence electrons. The highest BCUT2D eigenvalue weighted by atomic mass is 35.5. The number of aliphatic carboxylic acids is 1. The second kappa shape index (κ2) is 14.3. The van der Waals surface area contributed by atoms with Crippen LogP contribution in [0.4, 0.5) is 0 Å². The number of ketones is 1. The molecule has 20 heavy (non-hydrogen) atoms. The van der Waals surface area contributed by atoms with Crippen molar-refractivity contribution in [1.82, 2.24) is 0 Å². The number of hydrogen-bond donors (Lipinski definition) is 2. The van der Waals surface area contributed by atoms with Crippen LogP contribution in [0, 0.1) is 0 Å². The number of hydrogen-bond acceptors (Lipinski definition) is 5. The lowest BCUT2D eigenvalue weighted by Gasteiger charge is -2.04. The average molecular weight is 310 g/mol. The third-order valence-corrected chi connectivity index (χ3v) is 2.63. The van der Waals surface area contributed by atoms with Crippen LogP contribution in [-0.4, -0.2) is 36.0 Å². The molecule has 0 aliphatic rings. The van der Waals surface area contributed by atoms with E-state index >= 15 is 0 Å². The summed E-state index contributed by atoms with van der Waals surface area (Å²) in [6.07, 6.45) is 4.64. The lowest BCUT2D eigenvalue weighted by Crippen LogP contribution is -2.15. The molecule has 0 amide bonds. The van der Waals surface area contributed by atoms with Gasteiger partial charge in [-0.2, -0.15) is 0 Å². The zero-order valence-corrected chi connectivity index (χ0v) is 12.5. The predicted molar refractivity (Wildman–Crippen MR) is 76.8 cm³/mol. The number of carboxylic acids is 1. The second-order valence-electron chi connectivity index (χ2n) is 4.37. The summed E-state index contributed by atoms with van der Waals surface area (Å²) in [5.41, 5.74) is 5.12. The Morgan fingerprint density at radius 1 is 0.900 bits per heavy atom. The van der Waals surface area contributed by atoms with E-state index in [9.17, 15) is 14.4 Å². The summed E-state index contributed by atoms with van der Waals surface area (Å²) in [7, 11) is 0. The van der Waals surface area contributed by atoms with E-state index in [1.165, 1.54) is 0 Å². The van der Waals surface area contributed by atoms with Crippen LogP contribution in [0.25, 0.3) is 0 Å². The van der Waals surface area contributed by atoms with Crippen LogP contribution in [-0.2, 0) is 19.1 Å². The van der Waals surface area contributed by atoms with Crippen molar-refractivity contribution < 1.29 is 24.2 Å². The Hall–Kier alpha value is -1.14. The molecular formula is C13H24ClNO5. The molecule has 0 spiro atoms. The number of nitrogens with two attached hydrogens (primary N) is 1. The van der Waals surface area contributed by atoms with Crippen molar-refractivity contribution in [3.8, 4) is 0 Å². The van der Waals surface area contributed by atoms with Crippen LogP contribution in [0.5, 0.6) is 0 Å². The van der Waals surface area contributed by atoms with Gasteiger partial charge in [0.1, 0.15) is 5.78 Å². The van der Waals surface area contributed by atoms with E-state index in [4.69, 9.17) is 15.6 Å². The fourth-order valence-electron chi connectivity index (χ4n) is 1.51. The Labute approximate surface area is 125 Å². The van der Waals surface area contributed by atoms with Crippen LogP contribution < -0.4 is 5.73 Å². The molecule has 3 N–H and O–H groups in total.